The second-order valence-corrected chi connectivity index (χ2v) is 16.8. The lowest BCUT2D eigenvalue weighted by Gasteiger charge is -2.13. The zero-order valence-corrected chi connectivity index (χ0v) is 34.5. The molecule has 0 saturated carbocycles. The van der Waals surface area contributed by atoms with E-state index in [0.29, 0.717) is 0 Å². The number of hydrogen-bond acceptors (Lipinski definition) is 0. The average molecular weight is 801 g/mol. The molecule has 0 unspecified atom stereocenters. The Morgan fingerprint density at radius 2 is 0.667 bits per heavy atom. The summed E-state index contributed by atoms with van der Waals surface area (Å²) in [5.74, 6) is 0. The van der Waals surface area contributed by atoms with E-state index in [1.54, 1.807) is 0 Å². The normalized spacial score (nSPS) is 12.1. The summed E-state index contributed by atoms with van der Waals surface area (Å²) in [6.07, 6.45) is 0.915. The van der Waals surface area contributed by atoms with E-state index in [4.69, 9.17) is 0 Å². The van der Waals surface area contributed by atoms with Crippen LogP contribution in [-0.2, 0) is 6.42 Å². The van der Waals surface area contributed by atoms with Gasteiger partial charge in [-0.25, -0.2) is 0 Å². The van der Waals surface area contributed by atoms with Crippen LogP contribution in [0.25, 0.3) is 111 Å². The Kier molecular flexibility index (Phi) is 8.01. The van der Waals surface area contributed by atoms with Crippen molar-refractivity contribution < 1.29 is 0 Å². The Morgan fingerprint density at radius 1 is 0.254 bits per heavy atom. The second-order valence-electron chi connectivity index (χ2n) is 16.8. The molecule has 0 fully saturated rings. The molecular formula is C61H40N2. The van der Waals surface area contributed by atoms with Crippen LogP contribution in [-0.4, -0.2) is 9.13 Å². The van der Waals surface area contributed by atoms with Crippen molar-refractivity contribution >= 4 is 43.6 Å². The standard InChI is InChI=1S/C61H40N2/c1-3-14-40(15-4-1)41-28-30-42(31-29-41)43-32-34-46(35-33-43)62-56-26-9-7-20-52(56)60-58(62)36-37-59-61(60)53-21-8-10-27-57(53)63(59)47-19-11-18-45(38-47)49-23-13-25-51-50-24-12-22-48(54(50)39-55(49)51)44-16-5-2-6-17-44/h1-38H,39H2. The first-order valence-corrected chi connectivity index (χ1v) is 21.9. The van der Waals surface area contributed by atoms with Gasteiger partial charge in [0.1, 0.15) is 0 Å². The fourth-order valence-electron chi connectivity index (χ4n) is 10.6. The van der Waals surface area contributed by atoms with E-state index in [1.165, 1.54) is 110 Å². The first kappa shape index (κ1) is 35.5. The maximum Gasteiger partial charge on any atom is 0.0548 e. The van der Waals surface area contributed by atoms with Crippen molar-refractivity contribution in [2.24, 2.45) is 0 Å². The van der Waals surface area contributed by atoms with E-state index in [0.717, 1.165) is 17.8 Å². The third kappa shape index (κ3) is 5.58. The molecule has 0 amide bonds. The van der Waals surface area contributed by atoms with Crippen LogP contribution in [0.2, 0.25) is 0 Å². The molecule has 0 saturated heterocycles. The Hall–Kier alpha value is -8.20. The number of nitrogens with zero attached hydrogens (tertiary/aromatic N) is 2. The van der Waals surface area contributed by atoms with Crippen LogP contribution >= 0.6 is 0 Å². The molecule has 1 aliphatic rings. The highest BCUT2D eigenvalue weighted by Gasteiger charge is 2.25. The summed E-state index contributed by atoms with van der Waals surface area (Å²) in [6, 6.07) is 84.6. The third-order valence-corrected chi connectivity index (χ3v) is 13.4. The predicted molar refractivity (Wildman–Crippen MR) is 265 cm³/mol. The number of benzene rings is 10. The molecule has 0 atom stereocenters. The minimum absolute atomic E-state index is 0.915. The summed E-state index contributed by atoms with van der Waals surface area (Å²) in [7, 11) is 0. The minimum atomic E-state index is 0.915. The largest absolute Gasteiger partial charge is 0.309 e. The van der Waals surface area contributed by atoms with Gasteiger partial charge in [0.05, 0.1) is 22.1 Å². The van der Waals surface area contributed by atoms with E-state index >= 15 is 0 Å². The molecule has 2 nitrogen and oxygen atoms in total. The Balaban J connectivity index is 0.927. The van der Waals surface area contributed by atoms with Crippen LogP contribution in [0.4, 0.5) is 0 Å². The Bertz CT molecular complexity index is 3720. The van der Waals surface area contributed by atoms with Crippen LogP contribution in [0.5, 0.6) is 0 Å². The molecule has 2 aromatic heterocycles. The van der Waals surface area contributed by atoms with E-state index in [1.807, 2.05) is 0 Å². The number of aromatic nitrogens is 2. The molecule has 12 aromatic rings. The minimum Gasteiger partial charge on any atom is -0.309 e. The molecule has 10 aromatic carbocycles. The van der Waals surface area contributed by atoms with Crippen LogP contribution in [0.1, 0.15) is 11.1 Å². The highest BCUT2D eigenvalue weighted by Crippen LogP contribution is 2.47. The smallest absolute Gasteiger partial charge is 0.0548 e. The van der Waals surface area contributed by atoms with Crippen LogP contribution < -0.4 is 0 Å². The summed E-state index contributed by atoms with van der Waals surface area (Å²) in [6.45, 7) is 0. The molecule has 1 aliphatic carbocycles. The molecule has 0 N–H and O–H groups in total. The quantitative estimate of drug-likeness (QED) is 0.159. The number of fused-ring (bicyclic) bond motifs is 10. The highest BCUT2D eigenvalue weighted by atomic mass is 15.0. The Morgan fingerprint density at radius 3 is 1.24 bits per heavy atom. The second kappa shape index (κ2) is 14.2. The van der Waals surface area contributed by atoms with Gasteiger partial charge in [0, 0.05) is 32.9 Å². The lowest BCUT2D eigenvalue weighted by atomic mass is 9.95. The highest BCUT2D eigenvalue weighted by molar-refractivity contribution is 6.29. The first-order valence-electron chi connectivity index (χ1n) is 21.9. The van der Waals surface area contributed by atoms with Crippen molar-refractivity contribution in [3.63, 3.8) is 0 Å². The summed E-state index contributed by atoms with van der Waals surface area (Å²) < 4.78 is 4.92. The zero-order chi connectivity index (χ0) is 41.4. The van der Waals surface area contributed by atoms with Crippen molar-refractivity contribution in [3.8, 4) is 67.0 Å². The summed E-state index contributed by atoms with van der Waals surface area (Å²) >= 11 is 0. The average Bonchev–Trinajstić information content (AvgIpc) is 4.03. The van der Waals surface area contributed by atoms with Crippen molar-refractivity contribution in [1.29, 1.82) is 0 Å². The van der Waals surface area contributed by atoms with Gasteiger partial charge in [0.2, 0.25) is 0 Å². The molecule has 0 bridgehead atoms. The van der Waals surface area contributed by atoms with Gasteiger partial charge in [0.15, 0.2) is 0 Å². The van der Waals surface area contributed by atoms with Crippen LogP contribution in [0.15, 0.2) is 231 Å². The van der Waals surface area contributed by atoms with Gasteiger partial charge < -0.3 is 9.13 Å². The van der Waals surface area contributed by atoms with Gasteiger partial charge in [-0.1, -0.05) is 182 Å². The van der Waals surface area contributed by atoms with Crippen molar-refractivity contribution in [2.75, 3.05) is 0 Å². The van der Waals surface area contributed by atoms with Gasteiger partial charge in [-0.15, -0.1) is 0 Å². The van der Waals surface area contributed by atoms with E-state index < -0.39 is 0 Å². The van der Waals surface area contributed by atoms with Crippen molar-refractivity contribution in [1.82, 2.24) is 9.13 Å². The summed E-state index contributed by atoms with van der Waals surface area (Å²) in [4.78, 5) is 0. The lowest BCUT2D eigenvalue weighted by molar-refractivity contribution is 1.17. The molecule has 0 radical (unpaired) electrons. The number of para-hydroxylation sites is 2. The van der Waals surface area contributed by atoms with E-state index in [-0.39, 0.29) is 0 Å². The van der Waals surface area contributed by atoms with Gasteiger partial charge >= 0.3 is 0 Å². The van der Waals surface area contributed by atoms with Gasteiger partial charge in [-0.3, -0.25) is 0 Å². The zero-order valence-electron chi connectivity index (χ0n) is 34.5. The predicted octanol–water partition coefficient (Wildman–Crippen LogP) is 16.1. The molecular weight excluding hydrogens is 761 g/mol. The van der Waals surface area contributed by atoms with Crippen molar-refractivity contribution in [3.05, 3.63) is 242 Å². The molecule has 13 rings (SSSR count). The van der Waals surface area contributed by atoms with E-state index in [2.05, 4.69) is 240 Å². The fourth-order valence-corrected chi connectivity index (χ4v) is 10.6. The summed E-state index contributed by atoms with van der Waals surface area (Å²) in [5.41, 5.74) is 22.6. The van der Waals surface area contributed by atoms with Gasteiger partial charge in [0.25, 0.3) is 0 Å². The first-order chi connectivity index (χ1) is 31.3. The number of rotatable bonds is 6. The molecule has 0 spiro atoms. The van der Waals surface area contributed by atoms with Gasteiger partial charge in [-0.2, -0.15) is 0 Å². The molecule has 2 heterocycles. The summed E-state index contributed by atoms with van der Waals surface area (Å²) in [5, 5.41) is 5.07. The van der Waals surface area contributed by atoms with Crippen LogP contribution in [0, 0.1) is 0 Å². The SMILES string of the molecule is c1ccc(-c2ccc(-c3ccc(-n4c5ccccc5c5c6c7ccccc7n(-c7cccc(-c8cccc9c8Cc8c(-c%10ccccc%10)cccc8-9)c7)c6ccc54)cc3)cc2)cc1. The van der Waals surface area contributed by atoms with Gasteiger partial charge in [-0.05, 0) is 122 Å². The third-order valence-electron chi connectivity index (χ3n) is 13.4. The topological polar surface area (TPSA) is 9.86 Å². The lowest BCUT2D eigenvalue weighted by Crippen LogP contribution is -1.96. The van der Waals surface area contributed by atoms with E-state index in [9.17, 15) is 0 Å². The molecule has 2 heteroatoms. The van der Waals surface area contributed by atoms with Crippen molar-refractivity contribution in [2.45, 2.75) is 6.42 Å². The molecule has 294 valence electrons. The molecule has 0 aliphatic heterocycles. The maximum absolute atomic E-state index is 2.48. The molecule has 63 heavy (non-hydrogen) atoms. The Labute approximate surface area is 366 Å². The van der Waals surface area contributed by atoms with Crippen LogP contribution in [0.3, 0.4) is 0 Å². The fraction of sp³-hybridized carbons (Fsp3) is 0.0164. The monoisotopic (exact) mass is 800 g/mol. The maximum atomic E-state index is 2.48. The number of hydrogen-bond donors (Lipinski definition) is 0.